The first-order chi connectivity index (χ1) is 8.12. The van der Waals surface area contributed by atoms with Gasteiger partial charge in [0.2, 0.25) is 5.89 Å². The Balaban J connectivity index is 2.06. The van der Waals surface area contributed by atoms with Crippen molar-refractivity contribution >= 4 is 16.1 Å². The molecule has 0 saturated carbocycles. The lowest BCUT2D eigenvalue weighted by Gasteiger charge is -2.20. The second-order valence-electron chi connectivity index (χ2n) is 4.16. The van der Waals surface area contributed by atoms with Gasteiger partial charge in [-0.05, 0) is 12.8 Å². The SMILES string of the molecule is O=CCc1noc(CC2CCCCS2(=O)=O)n1. The van der Waals surface area contributed by atoms with Crippen molar-refractivity contribution in [3.63, 3.8) is 0 Å². The molecule has 0 radical (unpaired) electrons. The zero-order chi connectivity index (χ0) is 12.3. The molecule has 1 aromatic heterocycles. The van der Waals surface area contributed by atoms with Gasteiger partial charge in [-0.2, -0.15) is 4.98 Å². The molecule has 2 rings (SSSR count). The summed E-state index contributed by atoms with van der Waals surface area (Å²) in [7, 11) is -3.02. The maximum atomic E-state index is 11.8. The summed E-state index contributed by atoms with van der Waals surface area (Å²) in [4.78, 5) is 14.2. The molecule has 6 nitrogen and oxygen atoms in total. The average Bonchev–Trinajstić information content (AvgIpc) is 2.70. The van der Waals surface area contributed by atoms with Crippen LogP contribution < -0.4 is 0 Å². The van der Waals surface area contributed by atoms with E-state index in [0.717, 1.165) is 12.8 Å². The molecule has 1 aliphatic rings. The van der Waals surface area contributed by atoms with Gasteiger partial charge < -0.3 is 9.32 Å². The number of sulfone groups is 1. The fraction of sp³-hybridized carbons (Fsp3) is 0.700. The number of nitrogens with zero attached hydrogens (tertiary/aromatic N) is 2. The standard InChI is InChI=1S/C10H14N2O4S/c13-5-4-9-11-10(16-12-9)7-8-3-1-2-6-17(8,14)15/h5,8H,1-4,6-7H2. The molecule has 1 unspecified atom stereocenters. The first kappa shape index (κ1) is 12.2. The third-order valence-electron chi connectivity index (χ3n) is 2.89. The molecule has 1 atom stereocenters. The summed E-state index contributed by atoms with van der Waals surface area (Å²) in [5.74, 6) is 0.855. The van der Waals surface area contributed by atoms with Gasteiger partial charge in [-0.25, -0.2) is 8.42 Å². The summed E-state index contributed by atoms with van der Waals surface area (Å²) in [5.41, 5.74) is 0. The van der Waals surface area contributed by atoms with Gasteiger partial charge in [0.1, 0.15) is 6.29 Å². The molecule has 17 heavy (non-hydrogen) atoms. The van der Waals surface area contributed by atoms with E-state index in [0.29, 0.717) is 24.4 Å². The Morgan fingerprint density at radius 1 is 1.41 bits per heavy atom. The van der Waals surface area contributed by atoms with E-state index < -0.39 is 15.1 Å². The van der Waals surface area contributed by atoms with E-state index in [4.69, 9.17) is 4.52 Å². The van der Waals surface area contributed by atoms with Crippen LogP contribution in [0.2, 0.25) is 0 Å². The molecule has 1 aliphatic heterocycles. The fourth-order valence-electron chi connectivity index (χ4n) is 1.98. The molecule has 0 aromatic carbocycles. The van der Waals surface area contributed by atoms with Crippen LogP contribution in [0.1, 0.15) is 31.0 Å². The summed E-state index contributed by atoms with van der Waals surface area (Å²) in [6.45, 7) is 0. The predicted molar refractivity (Wildman–Crippen MR) is 59.2 cm³/mol. The van der Waals surface area contributed by atoms with Crippen LogP contribution in [0.25, 0.3) is 0 Å². The van der Waals surface area contributed by atoms with E-state index in [-0.39, 0.29) is 18.6 Å². The van der Waals surface area contributed by atoms with Crippen LogP contribution in [0, 0.1) is 0 Å². The highest BCUT2D eigenvalue weighted by molar-refractivity contribution is 7.92. The number of carbonyl (C=O) groups excluding carboxylic acids is 1. The van der Waals surface area contributed by atoms with Crippen molar-refractivity contribution in [3.8, 4) is 0 Å². The van der Waals surface area contributed by atoms with Crippen molar-refractivity contribution in [2.45, 2.75) is 37.4 Å². The largest absolute Gasteiger partial charge is 0.339 e. The Morgan fingerprint density at radius 3 is 2.94 bits per heavy atom. The predicted octanol–water partition coefficient (Wildman–Crippen LogP) is 0.321. The monoisotopic (exact) mass is 258 g/mol. The average molecular weight is 258 g/mol. The Bertz CT molecular complexity index is 494. The quantitative estimate of drug-likeness (QED) is 0.722. The zero-order valence-electron chi connectivity index (χ0n) is 9.33. The van der Waals surface area contributed by atoms with Crippen molar-refractivity contribution in [1.29, 1.82) is 0 Å². The van der Waals surface area contributed by atoms with E-state index in [1.54, 1.807) is 0 Å². The van der Waals surface area contributed by atoms with Gasteiger partial charge >= 0.3 is 0 Å². The molecule has 0 bridgehead atoms. The van der Waals surface area contributed by atoms with Crippen LogP contribution in [-0.2, 0) is 27.5 Å². The summed E-state index contributed by atoms with van der Waals surface area (Å²) >= 11 is 0. The zero-order valence-corrected chi connectivity index (χ0v) is 10.1. The van der Waals surface area contributed by atoms with Crippen molar-refractivity contribution in [2.24, 2.45) is 0 Å². The van der Waals surface area contributed by atoms with E-state index in [2.05, 4.69) is 10.1 Å². The van der Waals surface area contributed by atoms with Crippen molar-refractivity contribution in [1.82, 2.24) is 10.1 Å². The van der Waals surface area contributed by atoms with Crippen LogP contribution in [0.15, 0.2) is 4.52 Å². The minimum atomic E-state index is -3.02. The normalized spacial score (nSPS) is 23.4. The second kappa shape index (κ2) is 4.95. The fourth-order valence-corrected chi connectivity index (χ4v) is 3.84. The van der Waals surface area contributed by atoms with Gasteiger partial charge in [-0.15, -0.1) is 0 Å². The molecule has 7 heteroatoms. The van der Waals surface area contributed by atoms with Crippen LogP contribution in [0.5, 0.6) is 0 Å². The molecule has 0 aliphatic carbocycles. The van der Waals surface area contributed by atoms with Gasteiger partial charge in [0.15, 0.2) is 15.7 Å². The van der Waals surface area contributed by atoms with Gasteiger partial charge in [0.25, 0.3) is 0 Å². The molecule has 0 N–H and O–H groups in total. The van der Waals surface area contributed by atoms with Gasteiger partial charge in [-0.3, -0.25) is 0 Å². The van der Waals surface area contributed by atoms with Crippen molar-refractivity contribution in [3.05, 3.63) is 11.7 Å². The van der Waals surface area contributed by atoms with E-state index in [9.17, 15) is 13.2 Å². The molecule has 1 fully saturated rings. The number of hydrogen-bond donors (Lipinski definition) is 0. The molecule has 0 spiro atoms. The van der Waals surface area contributed by atoms with E-state index in [1.807, 2.05) is 0 Å². The number of aldehydes is 1. The first-order valence-electron chi connectivity index (χ1n) is 5.58. The third-order valence-corrected chi connectivity index (χ3v) is 5.17. The highest BCUT2D eigenvalue weighted by Crippen LogP contribution is 2.22. The Labute approximate surface area is 99.3 Å². The summed E-state index contributed by atoms with van der Waals surface area (Å²) in [6, 6.07) is 0. The number of rotatable bonds is 4. The molecule has 94 valence electrons. The highest BCUT2D eigenvalue weighted by Gasteiger charge is 2.30. The lowest BCUT2D eigenvalue weighted by molar-refractivity contribution is -0.107. The van der Waals surface area contributed by atoms with Gasteiger partial charge in [0.05, 0.1) is 17.4 Å². The maximum absolute atomic E-state index is 11.8. The Morgan fingerprint density at radius 2 is 2.24 bits per heavy atom. The summed E-state index contributed by atoms with van der Waals surface area (Å²) in [5, 5.41) is 3.19. The molecule has 2 heterocycles. The summed E-state index contributed by atoms with van der Waals surface area (Å²) < 4.78 is 28.5. The Kier molecular flexibility index (Phi) is 3.56. The third kappa shape index (κ3) is 2.91. The van der Waals surface area contributed by atoms with E-state index in [1.165, 1.54) is 0 Å². The number of aromatic nitrogens is 2. The molecular formula is C10H14N2O4S. The van der Waals surface area contributed by atoms with Crippen LogP contribution in [0.3, 0.4) is 0 Å². The smallest absolute Gasteiger partial charge is 0.227 e. The molecule has 0 amide bonds. The Hall–Kier alpha value is -1.24. The lowest BCUT2D eigenvalue weighted by atomic mass is 10.1. The number of carbonyl (C=O) groups is 1. The number of hydrogen-bond acceptors (Lipinski definition) is 6. The van der Waals surface area contributed by atoms with Gasteiger partial charge in [-0.1, -0.05) is 11.6 Å². The molecular weight excluding hydrogens is 244 g/mol. The van der Waals surface area contributed by atoms with Crippen molar-refractivity contribution in [2.75, 3.05) is 5.75 Å². The van der Waals surface area contributed by atoms with Crippen LogP contribution in [-0.4, -0.2) is 35.8 Å². The highest BCUT2D eigenvalue weighted by atomic mass is 32.2. The van der Waals surface area contributed by atoms with Crippen LogP contribution >= 0.6 is 0 Å². The van der Waals surface area contributed by atoms with Gasteiger partial charge in [0, 0.05) is 6.42 Å². The topological polar surface area (TPSA) is 90.1 Å². The maximum Gasteiger partial charge on any atom is 0.227 e. The summed E-state index contributed by atoms with van der Waals surface area (Å²) in [6.07, 6.45) is 3.34. The van der Waals surface area contributed by atoms with E-state index >= 15 is 0 Å². The minimum Gasteiger partial charge on any atom is -0.339 e. The lowest BCUT2D eigenvalue weighted by Crippen LogP contribution is -2.30. The van der Waals surface area contributed by atoms with Crippen molar-refractivity contribution < 1.29 is 17.7 Å². The first-order valence-corrected chi connectivity index (χ1v) is 7.30. The van der Waals surface area contributed by atoms with Crippen LogP contribution in [0.4, 0.5) is 0 Å². The molecule has 1 aromatic rings. The minimum absolute atomic E-state index is 0.0981. The molecule has 1 saturated heterocycles. The second-order valence-corrected chi connectivity index (χ2v) is 6.56.